The van der Waals surface area contributed by atoms with Gasteiger partial charge < -0.3 is 19.3 Å². The van der Waals surface area contributed by atoms with Crippen molar-refractivity contribution in [2.24, 2.45) is 11.8 Å². The first-order chi connectivity index (χ1) is 9.33. The van der Waals surface area contributed by atoms with Gasteiger partial charge in [0, 0.05) is 12.3 Å². The van der Waals surface area contributed by atoms with Gasteiger partial charge in [0.15, 0.2) is 0 Å². The van der Waals surface area contributed by atoms with Gasteiger partial charge in [0.1, 0.15) is 17.8 Å². The molecule has 0 unspecified atom stereocenters. The van der Waals surface area contributed by atoms with Gasteiger partial charge in [0.2, 0.25) is 0 Å². The largest absolute Gasteiger partial charge is 0.469 e. The number of hydrogen-bond donors (Lipinski definition) is 1. The number of hydrogen-bond acceptors (Lipinski definition) is 8. The summed E-state index contributed by atoms with van der Waals surface area (Å²) in [6.45, 7) is 1.29. The SMILES string of the molecule is COC(=O)C(=O)O[C@H]1[C@H](C(=O)OC)[C@H]1[C@H](O)CC(C)=O. The predicted octanol–water partition coefficient (Wildman–Crippen LogP) is -1.17. The number of rotatable bonds is 5. The molecule has 1 rings (SSSR count). The summed E-state index contributed by atoms with van der Waals surface area (Å²) < 4.78 is 13.5. The number of aliphatic hydroxyl groups excluding tert-OH is 1. The third-order valence-corrected chi connectivity index (χ3v) is 3.02. The Balaban J connectivity index is 2.72. The van der Waals surface area contributed by atoms with Crippen molar-refractivity contribution >= 4 is 23.7 Å². The molecule has 0 aliphatic heterocycles. The van der Waals surface area contributed by atoms with Crippen molar-refractivity contribution in [2.75, 3.05) is 14.2 Å². The van der Waals surface area contributed by atoms with Gasteiger partial charge >= 0.3 is 17.9 Å². The van der Waals surface area contributed by atoms with Crippen molar-refractivity contribution in [3.8, 4) is 0 Å². The highest BCUT2D eigenvalue weighted by Gasteiger charge is 2.62. The normalized spacial score (nSPS) is 25.3. The maximum Gasteiger partial charge on any atom is 0.417 e. The van der Waals surface area contributed by atoms with Gasteiger partial charge in [-0.15, -0.1) is 0 Å². The summed E-state index contributed by atoms with van der Waals surface area (Å²) in [7, 11) is 2.16. The van der Waals surface area contributed by atoms with Crippen LogP contribution in [0.1, 0.15) is 13.3 Å². The average molecular weight is 288 g/mol. The molecule has 20 heavy (non-hydrogen) atoms. The Bertz CT molecular complexity index is 429. The van der Waals surface area contributed by atoms with E-state index in [4.69, 9.17) is 4.74 Å². The Morgan fingerprint density at radius 1 is 1.10 bits per heavy atom. The molecule has 0 aromatic heterocycles. The Morgan fingerprint density at radius 3 is 2.15 bits per heavy atom. The fourth-order valence-electron chi connectivity index (χ4n) is 2.03. The van der Waals surface area contributed by atoms with E-state index in [9.17, 15) is 24.3 Å². The van der Waals surface area contributed by atoms with Gasteiger partial charge in [-0.1, -0.05) is 0 Å². The number of esters is 3. The number of carbonyl (C=O) groups excluding carboxylic acids is 4. The van der Waals surface area contributed by atoms with Crippen LogP contribution in [0.5, 0.6) is 0 Å². The van der Waals surface area contributed by atoms with E-state index in [1.807, 2.05) is 0 Å². The monoisotopic (exact) mass is 288 g/mol. The topological polar surface area (TPSA) is 116 Å². The molecule has 8 heteroatoms. The van der Waals surface area contributed by atoms with Crippen LogP contribution in [-0.2, 0) is 33.4 Å². The van der Waals surface area contributed by atoms with E-state index >= 15 is 0 Å². The molecule has 8 nitrogen and oxygen atoms in total. The first-order valence-corrected chi connectivity index (χ1v) is 5.87. The van der Waals surface area contributed by atoms with Crippen molar-refractivity contribution in [3.63, 3.8) is 0 Å². The van der Waals surface area contributed by atoms with Crippen molar-refractivity contribution < 1.29 is 38.5 Å². The smallest absolute Gasteiger partial charge is 0.417 e. The van der Waals surface area contributed by atoms with E-state index in [1.165, 1.54) is 6.92 Å². The molecule has 1 saturated carbocycles. The minimum Gasteiger partial charge on any atom is -0.469 e. The van der Waals surface area contributed by atoms with Crippen LogP contribution < -0.4 is 0 Å². The summed E-state index contributed by atoms with van der Waals surface area (Å²) in [4.78, 5) is 44.7. The van der Waals surface area contributed by atoms with Gasteiger partial charge in [0.25, 0.3) is 0 Å². The van der Waals surface area contributed by atoms with Crippen LogP contribution in [0.15, 0.2) is 0 Å². The molecule has 0 spiro atoms. The van der Waals surface area contributed by atoms with E-state index in [2.05, 4.69) is 9.47 Å². The van der Waals surface area contributed by atoms with Crippen LogP contribution in [0.2, 0.25) is 0 Å². The first kappa shape index (κ1) is 16.1. The fourth-order valence-corrected chi connectivity index (χ4v) is 2.03. The molecule has 112 valence electrons. The van der Waals surface area contributed by atoms with E-state index in [-0.39, 0.29) is 12.2 Å². The van der Waals surface area contributed by atoms with Crippen LogP contribution in [0.4, 0.5) is 0 Å². The van der Waals surface area contributed by atoms with Crippen molar-refractivity contribution in [1.29, 1.82) is 0 Å². The second-order valence-electron chi connectivity index (χ2n) is 4.46. The molecular weight excluding hydrogens is 272 g/mol. The quantitative estimate of drug-likeness (QED) is 0.382. The minimum atomic E-state index is -1.26. The lowest BCUT2D eigenvalue weighted by Gasteiger charge is -2.07. The molecule has 0 heterocycles. The molecule has 0 bridgehead atoms. The number of aliphatic hydroxyl groups is 1. The number of ether oxygens (including phenoxy) is 3. The van der Waals surface area contributed by atoms with Crippen molar-refractivity contribution in [2.45, 2.75) is 25.6 Å². The molecule has 0 radical (unpaired) electrons. The standard InChI is InChI=1S/C12H16O8/c1-5(13)4-6(14)7-8(10(15)18-2)9(7)20-12(17)11(16)19-3/h6-9,14H,4H2,1-3H3/t6-,7-,8-,9-/m1/s1. The molecule has 0 aromatic rings. The van der Waals surface area contributed by atoms with Gasteiger partial charge in [-0.05, 0) is 6.92 Å². The number of methoxy groups -OCH3 is 2. The Kier molecular flexibility index (Phi) is 5.20. The zero-order chi connectivity index (χ0) is 15.4. The van der Waals surface area contributed by atoms with Crippen molar-refractivity contribution in [1.82, 2.24) is 0 Å². The number of Topliss-reactive ketones (excluding diaryl/α,β-unsaturated/α-hetero) is 1. The summed E-state index contributed by atoms with van der Waals surface area (Å²) in [6, 6.07) is 0. The molecule has 1 aliphatic carbocycles. The highest BCUT2D eigenvalue weighted by Crippen LogP contribution is 2.46. The molecule has 1 N–H and O–H groups in total. The molecule has 0 amide bonds. The average Bonchev–Trinajstić information content (AvgIpc) is 3.09. The van der Waals surface area contributed by atoms with Gasteiger partial charge in [-0.3, -0.25) is 9.59 Å². The van der Waals surface area contributed by atoms with Gasteiger partial charge in [0.05, 0.1) is 20.3 Å². The lowest BCUT2D eigenvalue weighted by molar-refractivity contribution is -0.167. The van der Waals surface area contributed by atoms with E-state index in [1.54, 1.807) is 0 Å². The van der Waals surface area contributed by atoms with Crippen LogP contribution in [0.25, 0.3) is 0 Å². The number of ketones is 1. The summed E-state index contributed by atoms with van der Waals surface area (Å²) in [6.07, 6.45) is -2.32. The summed E-state index contributed by atoms with van der Waals surface area (Å²) in [5.41, 5.74) is 0. The lowest BCUT2D eigenvalue weighted by Crippen LogP contribution is -2.23. The second-order valence-corrected chi connectivity index (χ2v) is 4.46. The zero-order valence-electron chi connectivity index (χ0n) is 11.3. The highest BCUT2D eigenvalue weighted by atomic mass is 16.6. The summed E-state index contributed by atoms with van der Waals surface area (Å²) in [5, 5.41) is 9.82. The molecule has 1 aliphatic rings. The lowest BCUT2D eigenvalue weighted by atomic mass is 10.1. The van der Waals surface area contributed by atoms with Crippen LogP contribution in [-0.4, -0.2) is 55.2 Å². The molecule has 4 atom stereocenters. The van der Waals surface area contributed by atoms with Crippen LogP contribution >= 0.6 is 0 Å². The Labute approximate surface area is 115 Å². The summed E-state index contributed by atoms with van der Waals surface area (Å²) >= 11 is 0. The van der Waals surface area contributed by atoms with E-state index < -0.39 is 42.0 Å². The highest BCUT2D eigenvalue weighted by molar-refractivity contribution is 6.29. The maximum absolute atomic E-state index is 11.5. The molecule has 1 fully saturated rings. The maximum atomic E-state index is 11.5. The molecule has 0 aromatic carbocycles. The summed E-state index contributed by atoms with van der Waals surface area (Å²) in [5.74, 6) is -5.07. The van der Waals surface area contributed by atoms with Crippen LogP contribution in [0, 0.1) is 11.8 Å². The van der Waals surface area contributed by atoms with Crippen LogP contribution in [0.3, 0.4) is 0 Å². The fraction of sp³-hybridized carbons (Fsp3) is 0.667. The van der Waals surface area contributed by atoms with Gasteiger partial charge in [-0.2, -0.15) is 0 Å². The first-order valence-electron chi connectivity index (χ1n) is 5.87. The van der Waals surface area contributed by atoms with Crippen molar-refractivity contribution in [3.05, 3.63) is 0 Å². The van der Waals surface area contributed by atoms with E-state index in [0.29, 0.717) is 0 Å². The second kappa shape index (κ2) is 6.47. The van der Waals surface area contributed by atoms with Gasteiger partial charge in [-0.25, -0.2) is 9.59 Å². The number of carbonyl (C=O) groups is 4. The Hall–Kier alpha value is -1.96. The third kappa shape index (κ3) is 3.53. The predicted molar refractivity (Wildman–Crippen MR) is 62.2 cm³/mol. The zero-order valence-corrected chi connectivity index (χ0v) is 11.3. The molecule has 0 saturated heterocycles. The third-order valence-electron chi connectivity index (χ3n) is 3.02. The Morgan fingerprint density at radius 2 is 1.70 bits per heavy atom. The minimum absolute atomic E-state index is 0.176. The molecular formula is C12H16O8. The van der Waals surface area contributed by atoms with E-state index in [0.717, 1.165) is 14.2 Å².